The average molecular weight is 304 g/mol. The summed E-state index contributed by atoms with van der Waals surface area (Å²) in [5, 5.41) is 1.93. The molecule has 0 unspecified atom stereocenters. The lowest BCUT2D eigenvalue weighted by Gasteiger charge is -2.05. The second kappa shape index (κ2) is 7.78. The highest BCUT2D eigenvalue weighted by atomic mass is 32.1. The van der Waals surface area contributed by atoms with Crippen molar-refractivity contribution in [3.63, 3.8) is 0 Å². The number of nitrogens with zero attached hydrogens (tertiary/aromatic N) is 2. The summed E-state index contributed by atoms with van der Waals surface area (Å²) in [5.74, 6) is 0.569. The van der Waals surface area contributed by atoms with Gasteiger partial charge >= 0.3 is 0 Å². The number of unbranched alkanes of at least 4 members (excludes halogenated alkanes) is 1. The molecule has 112 valence electrons. The van der Waals surface area contributed by atoms with Gasteiger partial charge in [0.15, 0.2) is 4.80 Å². The van der Waals surface area contributed by atoms with Crippen LogP contribution in [0.25, 0.3) is 0 Å². The van der Waals surface area contributed by atoms with Gasteiger partial charge in [-0.1, -0.05) is 13.3 Å². The van der Waals surface area contributed by atoms with Crippen molar-refractivity contribution in [2.45, 2.75) is 33.2 Å². The van der Waals surface area contributed by atoms with Crippen molar-refractivity contribution < 1.29 is 9.53 Å². The topological polar surface area (TPSA) is 43.6 Å². The zero-order chi connectivity index (χ0) is 15.1. The predicted octanol–water partition coefficient (Wildman–Crippen LogP) is 3.49. The zero-order valence-corrected chi connectivity index (χ0v) is 13.2. The number of hydrogen-bond acceptors (Lipinski definition) is 3. The summed E-state index contributed by atoms with van der Waals surface area (Å²) < 4.78 is 7.53. The van der Waals surface area contributed by atoms with Crippen LogP contribution in [0, 0.1) is 0 Å². The van der Waals surface area contributed by atoms with Gasteiger partial charge in [0.1, 0.15) is 5.75 Å². The Morgan fingerprint density at radius 3 is 2.71 bits per heavy atom. The van der Waals surface area contributed by atoms with Crippen LogP contribution in [0.4, 0.5) is 0 Å². The Balaban J connectivity index is 2.08. The smallest absolute Gasteiger partial charge is 0.279 e. The molecule has 0 N–H and O–H groups in total. The standard InChI is InChI=1S/C16H20N2O2S/c1-3-5-11-20-14-8-6-13(7-9-14)15(19)17-16-18(4-2)10-12-21-16/h6-10,12H,3-5,11H2,1-2H3. The molecule has 5 heteroatoms. The predicted molar refractivity (Wildman–Crippen MR) is 84.7 cm³/mol. The van der Waals surface area contributed by atoms with E-state index in [9.17, 15) is 4.79 Å². The molecule has 0 saturated heterocycles. The van der Waals surface area contributed by atoms with Gasteiger partial charge in [0.05, 0.1) is 6.61 Å². The summed E-state index contributed by atoms with van der Waals surface area (Å²) in [6.07, 6.45) is 4.07. The number of carbonyl (C=O) groups is 1. The minimum atomic E-state index is -0.222. The molecule has 0 atom stereocenters. The highest BCUT2D eigenvalue weighted by molar-refractivity contribution is 7.07. The average Bonchev–Trinajstić information content (AvgIpc) is 2.95. The van der Waals surface area contributed by atoms with E-state index in [1.165, 1.54) is 11.3 Å². The van der Waals surface area contributed by atoms with Crippen LogP contribution in [0.5, 0.6) is 5.75 Å². The molecule has 0 fully saturated rings. The monoisotopic (exact) mass is 304 g/mol. The van der Waals surface area contributed by atoms with Crippen molar-refractivity contribution >= 4 is 17.2 Å². The first-order valence-corrected chi connectivity index (χ1v) is 8.08. The number of aryl methyl sites for hydroxylation is 1. The molecule has 0 aliphatic rings. The fourth-order valence-corrected chi connectivity index (χ4v) is 2.60. The van der Waals surface area contributed by atoms with E-state index in [0.717, 1.165) is 29.9 Å². The zero-order valence-electron chi connectivity index (χ0n) is 12.4. The Bertz CT molecular complexity index is 641. The lowest BCUT2D eigenvalue weighted by molar-refractivity contribution is 0.0997. The van der Waals surface area contributed by atoms with Gasteiger partial charge < -0.3 is 9.30 Å². The third kappa shape index (κ3) is 4.29. The van der Waals surface area contributed by atoms with Crippen molar-refractivity contribution in [1.29, 1.82) is 0 Å². The number of thiazole rings is 1. The molecular weight excluding hydrogens is 284 g/mol. The number of amides is 1. The summed E-state index contributed by atoms with van der Waals surface area (Å²) in [7, 11) is 0. The second-order valence-electron chi connectivity index (χ2n) is 4.61. The molecule has 4 nitrogen and oxygen atoms in total. The van der Waals surface area contributed by atoms with E-state index < -0.39 is 0 Å². The van der Waals surface area contributed by atoms with Crippen molar-refractivity contribution in [3.8, 4) is 5.75 Å². The van der Waals surface area contributed by atoms with Crippen LogP contribution in [0.15, 0.2) is 40.8 Å². The molecule has 1 aromatic heterocycles. The summed E-state index contributed by atoms with van der Waals surface area (Å²) in [6.45, 7) is 5.66. The Morgan fingerprint density at radius 1 is 1.29 bits per heavy atom. The van der Waals surface area contributed by atoms with Crippen molar-refractivity contribution in [2.75, 3.05) is 6.61 Å². The number of benzene rings is 1. The SMILES string of the molecule is CCCCOc1ccc(C(=O)N=c2sccn2CC)cc1. The molecule has 1 amide bonds. The summed E-state index contributed by atoms with van der Waals surface area (Å²) in [6, 6.07) is 7.16. The molecule has 0 spiro atoms. The maximum Gasteiger partial charge on any atom is 0.279 e. The van der Waals surface area contributed by atoms with Gasteiger partial charge in [0, 0.05) is 23.7 Å². The van der Waals surface area contributed by atoms with Gasteiger partial charge in [-0.25, -0.2) is 0 Å². The highest BCUT2D eigenvalue weighted by Crippen LogP contribution is 2.13. The molecule has 1 aromatic carbocycles. The van der Waals surface area contributed by atoms with E-state index in [-0.39, 0.29) is 5.91 Å². The molecule has 0 aliphatic heterocycles. The minimum absolute atomic E-state index is 0.222. The van der Waals surface area contributed by atoms with Crippen LogP contribution < -0.4 is 9.54 Å². The number of carbonyl (C=O) groups excluding carboxylic acids is 1. The molecule has 0 bridgehead atoms. The van der Waals surface area contributed by atoms with E-state index in [1.54, 1.807) is 12.1 Å². The van der Waals surface area contributed by atoms with E-state index in [1.807, 2.05) is 35.2 Å². The summed E-state index contributed by atoms with van der Waals surface area (Å²) in [5.41, 5.74) is 0.578. The Kier molecular flexibility index (Phi) is 5.75. The van der Waals surface area contributed by atoms with Gasteiger partial charge in [0.2, 0.25) is 0 Å². The van der Waals surface area contributed by atoms with Gasteiger partial charge in [-0.15, -0.1) is 11.3 Å². The van der Waals surface area contributed by atoms with Crippen LogP contribution in [-0.2, 0) is 6.54 Å². The normalized spacial score (nSPS) is 11.6. The van der Waals surface area contributed by atoms with Gasteiger partial charge in [-0.05, 0) is 37.6 Å². The maximum absolute atomic E-state index is 12.1. The third-order valence-electron chi connectivity index (χ3n) is 3.07. The molecule has 1 heterocycles. The van der Waals surface area contributed by atoms with Crippen LogP contribution in [-0.4, -0.2) is 17.1 Å². The largest absolute Gasteiger partial charge is 0.494 e. The first-order valence-electron chi connectivity index (χ1n) is 7.20. The number of rotatable bonds is 6. The van der Waals surface area contributed by atoms with E-state index in [4.69, 9.17) is 4.74 Å². The lowest BCUT2D eigenvalue weighted by Crippen LogP contribution is -2.15. The first kappa shape index (κ1) is 15.5. The quantitative estimate of drug-likeness (QED) is 0.767. The molecule has 21 heavy (non-hydrogen) atoms. The summed E-state index contributed by atoms with van der Waals surface area (Å²) in [4.78, 5) is 17.0. The lowest BCUT2D eigenvalue weighted by atomic mass is 10.2. The molecule has 2 rings (SSSR count). The fourth-order valence-electron chi connectivity index (χ4n) is 1.81. The molecule has 0 aliphatic carbocycles. The Labute approximate surface area is 128 Å². The number of ether oxygens (including phenoxy) is 1. The van der Waals surface area contributed by atoms with Crippen molar-refractivity contribution in [2.24, 2.45) is 4.99 Å². The van der Waals surface area contributed by atoms with Crippen LogP contribution >= 0.6 is 11.3 Å². The van der Waals surface area contributed by atoms with E-state index in [0.29, 0.717) is 12.2 Å². The summed E-state index contributed by atoms with van der Waals surface area (Å²) >= 11 is 1.46. The maximum atomic E-state index is 12.1. The number of hydrogen-bond donors (Lipinski definition) is 0. The van der Waals surface area contributed by atoms with Crippen molar-refractivity contribution in [1.82, 2.24) is 4.57 Å². The van der Waals surface area contributed by atoms with E-state index >= 15 is 0 Å². The van der Waals surface area contributed by atoms with Crippen LogP contribution in [0.2, 0.25) is 0 Å². The highest BCUT2D eigenvalue weighted by Gasteiger charge is 2.05. The third-order valence-corrected chi connectivity index (χ3v) is 3.86. The van der Waals surface area contributed by atoms with Crippen LogP contribution in [0.3, 0.4) is 0 Å². The first-order chi connectivity index (χ1) is 10.2. The van der Waals surface area contributed by atoms with Gasteiger partial charge in [-0.2, -0.15) is 4.99 Å². The van der Waals surface area contributed by atoms with Crippen LogP contribution in [0.1, 0.15) is 37.0 Å². The van der Waals surface area contributed by atoms with Gasteiger partial charge in [-0.3, -0.25) is 4.79 Å². The van der Waals surface area contributed by atoms with E-state index in [2.05, 4.69) is 11.9 Å². The second-order valence-corrected chi connectivity index (χ2v) is 5.49. The van der Waals surface area contributed by atoms with Crippen molar-refractivity contribution in [3.05, 3.63) is 46.2 Å². The minimum Gasteiger partial charge on any atom is -0.494 e. The Hall–Kier alpha value is -1.88. The fraction of sp³-hybridized carbons (Fsp3) is 0.375. The van der Waals surface area contributed by atoms with Gasteiger partial charge in [0.25, 0.3) is 5.91 Å². The molecule has 0 saturated carbocycles. The number of aromatic nitrogens is 1. The Morgan fingerprint density at radius 2 is 2.05 bits per heavy atom. The molecule has 0 radical (unpaired) electrons. The molecular formula is C16H20N2O2S. The molecule has 2 aromatic rings.